The van der Waals surface area contributed by atoms with Gasteiger partial charge in [-0.25, -0.2) is 4.98 Å². The van der Waals surface area contributed by atoms with Crippen molar-refractivity contribution in [1.29, 1.82) is 0 Å². The maximum Gasteiger partial charge on any atom is 0.416 e. The highest BCUT2D eigenvalue weighted by atomic mass is 19.4. The first-order chi connectivity index (χ1) is 14.4. The van der Waals surface area contributed by atoms with Gasteiger partial charge in [-0.2, -0.15) is 13.2 Å². The number of piperidine rings is 1. The number of alkyl halides is 3. The van der Waals surface area contributed by atoms with Crippen molar-refractivity contribution in [1.82, 2.24) is 4.98 Å². The molecule has 2 saturated heterocycles. The lowest BCUT2D eigenvalue weighted by atomic mass is 10.1. The molecule has 0 saturated carbocycles. The van der Waals surface area contributed by atoms with Crippen molar-refractivity contribution in [3.8, 4) is 0 Å². The Morgan fingerprint density at radius 1 is 0.900 bits per heavy atom. The molecule has 1 aromatic carbocycles. The Bertz CT molecular complexity index is 886. The molecule has 4 rings (SSSR count). The summed E-state index contributed by atoms with van der Waals surface area (Å²) in [5.74, 6) is 0.352. The van der Waals surface area contributed by atoms with Gasteiger partial charge in [-0.05, 0) is 62.4 Å². The van der Waals surface area contributed by atoms with Crippen molar-refractivity contribution in [2.24, 2.45) is 0 Å². The molecule has 2 aliphatic heterocycles. The van der Waals surface area contributed by atoms with Crippen molar-refractivity contribution >= 4 is 23.1 Å². The number of rotatable bonds is 4. The lowest BCUT2D eigenvalue weighted by Crippen LogP contribution is -2.30. The molecule has 2 fully saturated rings. The third kappa shape index (κ3) is 4.52. The van der Waals surface area contributed by atoms with Gasteiger partial charge in [0.15, 0.2) is 0 Å². The Morgan fingerprint density at radius 2 is 1.57 bits per heavy atom. The summed E-state index contributed by atoms with van der Waals surface area (Å²) in [4.78, 5) is 21.3. The number of hydrogen-bond donors (Lipinski definition) is 1. The number of anilines is 3. The van der Waals surface area contributed by atoms with E-state index in [1.165, 1.54) is 12.3 Å². The third-order valence-corrected chi connectivity index (χ3v) is 5.71. The molecule has 0 aliphatic carbocycles. The average molecular weight is 418 g/mol. The molecular weight excluding hydrogens is 393 g/mol. The first-order valence-corrected chi connectivity index (χ1v) is 10.4. The molecule has 8 heteroatoms. The minimum Gasteiger partial charge on any atom is -0.370 e. The van der Waals surface area contributed by atoms with Crippen LogP contribution in [0.1, 0.15) is 48.0 Å². The molecule has 2 aliphatic rings. The summed E-state index contributed by atoms with van der Waals surface area (Å²) in [6.45, 7) is 3.42. The predicted octanol–water partition coefficient (Wildman–Crippen LogP) is 4.94. The molecule has 0 unspecified atom stereocenters. The minimum atomic E-state index is -4.47. The summed E-state index contributed by atoms with van der Waals surface area (Å²) in [6.07, 6.45) is 2.33. The largest absolute Gasteiger partial charge is 0.416 e. The van der Waals surface area contributed by atoms with E-state index >= 15 is 0 Å². The van der Waals surface area contributed by atoms with Crippen LogP contribution < -0.4 is 15.1 Å². The third-order valence-electron chi connectivity index (χ3n) is 5.71. The Balaban J connectivity index is 1.57. The SMILES string of the molecule is O=C(Nc1cc(C(F)(F)F)ccc1N1CCCCC1)c1ccc(N2CCCC2)nc1. The van der Waals surface area contributed by atoms with Gasteiger partial charge in [-0.15, -0.1) is 0 Å². The van der Waals surface area contributed by atoms with Crippen LogP contribution in [0.2, 0.25) is 0 Å². The maximum atomic E-state index is 13.3. The smallest absolute Gasteiger partial charge is 0.370 e. The van der Waals surface area contributed by atoms with E-state index in [0.29, 0.717) is 11.3 Å². The van der Waals surface area contributed by atoms with Crippen LogP contribution in [0.25, 0.3) is 0 Å². The number of carbonyl (C=O) groups excluding carboxylic acids is 1. The number of hydrogen-bond acceptors (Lipinski definition) is 4. The van der Waals surface area contributed by atoms with Gasteiger partial charge in [-0.3, -0.25) is 4.79 Å². The van der Waals surface area contributed by atoms with Gasteiger partial charge >= 0.3 is 6.18 Å². The zero-order valence-electron chi connectivity index (χ0n) is 16.7. The quantitative estimate of drug-likeness (QED) is 0.764. The number of nitrogens with one attached hydrogen (secondary N) is 1. The Morgan fingerprint density at radius 3 is 2.20 bits per heavy atom. The van der Waals surface area contributed by atoms with Gasteiger partial charge in [0.25, 0.3) is 5.91 Å². The summed E-state index contributed by atoms with van der Waals surface area (Å²) >= 11 is 0. The highest BCUT2D eigenvalue weighted by Gasteiger charge is 2.32. The summed E-state index contributed by atoms with van der Waals surface area (Å²) in [7, 11) is 0. The van der Waals surface area contributed by atoms with E-state index in [1.54, 1.807) is 12.1 Å². The second kappa shape index (κ2) is 8.53. The molecule has 3 heterocycles. The molecule has 0 radical (unpaired) electrons. The van der Waals surface area contributed by atoms with Gasteiger partial charge in [0.2, 0.25) is 0 Å². The summed E-state index contributed by atoms with van der Waals surface area (Å²) in [5.41, 5.74) is 0.346. The van der Waals surface area contributed by atoms with E-state index in [4.69, 9.17) is 0 Å². The highest BCUT2D eigenvalue weighted by Crippen LogP contribution is 2.36. The number of nitrogens with zero attached hydrogens (tertiary/aromatic N) is 3. The zero-order valence-corrected chi connectivity index (χ0v) is 16.7. The molecule has 0 bridgehead atoms. The normalized spacial score (nSPS) is 17.3. The lowest BCUT2D eigenvalue weighted by Gasteiger charge is -2.31. The summed E-state index contributed by atoms with van der Waals surface area (Å²) < 4.78 is 39.8. The molecule has 2 aromatic rings. The number of aromatic nitrogens is 1. The maximum absolute atomic E-state index is 13.3. The average Bonchev–Trinajstić information content (AvgIpc) is 3.29. The molecule has 1 aromatic heterocycles. The number of carbonyl (C=O) groups is 1. The monoisotopic (exact) mass is 418 g/mol. The summed E-state index contributed by atoms with van der Waals surface area (Å²) in [5, 5.41) is 2.69. The lowest BCUT2D eigenvalue weighted by molar-refractivity contribution is -0.137. The molecule has 1 amide bonds. The van der Waals surface area contributed by atoms with Crippen molar-refractivity contribution in [2.75, 3.05) is 41.3 Å². The molecular formula is C22H25F3N4O. The van der Waals surface area contributed by atoms with E-state index in [1.807, 2.05) is 4.90 Å². The second-order valence-electron chi connectivity index (χ2n) is 7.83. The van der Waals surface area contributed by atoms with Crippen LogP contribution in [0, 0.1) is 0 Å². The van der Waals surface area contributed by atoms with Crippen molar-refractivity contribution < 1.29 is 18.0 Å². The molecule has 160 valence electrons. The minimum absolute atomic E-state index is 0.181. The molecule has 30 heavy (non-hydrogen) atoms. The van der Waals surface area contributed by atoms with Gasteiger partial charge < -0.3 is 15.1 Å². The van der Waals surface area contributed by atoms with E-state index < -0.39 is 17.6 Å². The second-order valence-corrected chi connectivity index (χ2v) is 7.83. The van der Waals surface area contributed by atoms with Gasteiger partial charge in [0.05, 0.1) is 22.5 Å². The van der Waals surface area contributed by atoms with Gasteiger partial charge in [-0.1, -0.05) is 0 Å². The van der Waals surface area contributed by atoms with E-state index in [2.05, 4.69) is 15.2 Å². The highest BCUT2D eigenvalue weighted by molar-refractivity contribution is 6.06. The van der Waals surface area contributed by atoms with E-state index in [0.717, 1.165) is 76.2 Å². The van der Waals surface area contributed by atoms with Crippen LogP contribution in [0.5, 0.6) is 0 Å². The van der Waals surface area contributed by atoms with Gasteiger partial charge in [0.1, 0.15) is 5.82 Å². The number of amides is 1. The Hall–Kier alpha value is -2.77. The van der Waals surface area contributed by atoms with E-state index in [9.17, 15) is 18.0 Å². The molecule has 5 nitrogen and oxygen atoms in total. The fourth-order valence-corrected chi connectivity index (χ4v) is 4.07. The van der Waals surface area contributed by atoms with Crippen molar-refractivity contribution in [3.63, 3.8) is 0 Å². The first-order valence-electron chi connectivity index (χ1n) is 10.4. The fourth-order valence-electron chi connectivity index (χ4n) is 4.07. The summed E-state index contributed by atoms with van der Waals surface area (Å²) in [6, 6.07) is 7.01. The fraction of sp³-hybridized carbons (Fsp3) is 0.455. The molecule has 1 N–H and O–H groups in total. The van der Waals surface area contributed by atoms with Crippen LogP contribution >= 0.6 is 0 Å². The number of pyridine rings is 1. The molecule has 0 spiro atoms. The van der Waals surface area contributed by atoms with Crippen LogP contribution in [0.15, 0.2) is 36.5 Å². The Kier molecular flexibility index (Phi) is 5.83. The van der Waals surface area contributed by atoms with E-state index in [-0.39, 0.29) is 5.69 Å². The standard InChI is InChI=1S/C22H25F3N4O/c23-22(24,25)17-7-8-19(28-10-2-1-3-11-28)18(14-17)27-21(30)16-6-9-20(26-15-16)29-12-4-5-13-29/h6-9,14-15H,1-5,10-13H2,(H,27,30). The zero-order chi connectivity index (χ0) is 21.1. The number of benzene rings is 1. The topological polar surface area (TPSA) is 48.5 Å². The van der Waals surface area contributed by atoms with Crippen LogP contribution in [-0.4, -0.2) is 37.1 Å². The number of halogens is 3. The van der Waals surface area contributed by atoms with Gasteiger partial charge in [0, 0.05) is 32.4 Å². The first kappa shape index (κ1) is 20.5. The van der Waals surface area contributed by atoms with Crippen molar-refractivity contribution in [3.05, 3.63) is 47.7 Å². The van der Waals surface area contributed by atoms with Crippen molar-refractivity contribution in [2.45, 2.75) is 38.3 Å². The molecule has 0 atom stereocenters. The predicted molar refractivity (Wildman–Crippen MR) is 111 cm³/mol. The Labute approximate surface area is 173 Å². The van der Waals surface area contributed by atoms with Crippen LogP contribution in [0.4, 0.5) is 30.4 Å². The van der Waals surface area contributed by atoms with Crippen LogP contribution in [0.3, 0.4) is 0 Å². The van der Waals surface area contributed by atoms with Crippen LogP contribution in [-0.2, 0) is 6.18 Å².